The number of para-hydroxylation sites is 1. The van der Waals surface area contributed by atoms with Gasteiger partial charge in [0.05, 0.1) is 6.61 Å². The van der Waals surface area contributed by atoms with Gasteiger partial charge in [0, 0.05) is 12.7 Å². The van der Waals surface area contributed by atoms with Gasteiger partial charge in [-0.1, -0.05) is 30.3 Å². The van der Waals surface area contributed by atoms with Crippen molar-refractivity contribution < 1.29 is 19.0 Å². The summed E-state index contributed by atoms with van der Waals surface area (Å²) < 4.78 is 24.2. The molecule has 1 unspecified atom stereocenters. The third-order valence-electron chi connectivity index (χ3n) is 3.27. The molecule has 0 heterocycles. The van der Waals surface area contributed by atoms with Gasteiger partial charge in [0.15, 0.2) is 0 Å². The second-order valence-electron chi connectivity index (χ2n) is 4.79. The van der Waals surface area contributed by atoms with Crippen molar-refractivity contribution in [3.05, 3.63) is 65.0 Å². The van der Waals surface area contributed by atoms with Gasteiger partial charge < -0.3 is 14.6 Å². The minimum atomic E-state index is -0.932. The Labute approximate surface area is 124 Å². The van der Waals surface area contributed by atoms with E-state index in [0.29, 0.717) is 35.7 Å². The highest BCUT2D eigenvalue weighted by Gasteiger charge is 2.16. The van der Waals surface area contributed by atoms with Crippen LogP contribution in [0.5, 0.6) is 5.75 Å². The second-order valence-corrected chi connectivity index (χ2v) is 4.79. The molecular weight excluding hydrogens is 271 g/mol. The summed E-state index contributed by atoms with van der Waals surface area (Å²) in [6, 6.07) is 11.9. The van der Waals surface area contributed by atoms with Crippen LogP contribution in [0.3, 0.4) is 0 Å². The monoisotopic (exact) mass is 290 g/mol. The van der Waals surface area contributed by atoms with Crippen LogP contribution in [-0.2, 0) is 4.74 Å². The second kappa shape index (κ2) is 7.20. The van der Waals surface area contributed by atoms with Gasteiger partial charge in [-0.2, -0.15) is 0 Å². The predicted octanol–water partition coefficient (Wildman–Crippen LogP) is 3.24. The first-order valence-corrected chi connectivity index (χ1v) is 6.78. The molecule has 0 saturated carbocycles. The molecular formula is C17H19FO3. The maximum atomic E-state index is 13.6. The molecule has 2 aromatic rings. The van der Waals surface area contributed by atoms with Crippen LogP contribution in [0.25, 0.3) is 0 Å². The quantitative estimate of drug-likeness (QED) is 0.830. The molecule has 1 N–H and O–H groups in total. The van der Waals surface area contributed by atoms with Gasteiger partial charge in [0.2, 0.25) is 0 Å². The number of rotatable bonds is 6. The molecule has 0 amide bonds. The standard InChI is InChI=1S/C17H19FO3/c1-12-7-8-13(11-15(12)18)17(19)14-5-3-4-6-16(14)21-10-9-20-2/h3-8,11,17,19H,9-10H2,1-2H3. The van der Waals surface area contributed by atoms with Crippen molar-refractivity contribution >= 4 is 0 Å². The van der Waals surface area contributed by atoms with E-state index < -0.39 is 6.10 Å². The van der Waals surface area contributed by atoms with Gasteiger partial charge in [-0.05, 0) is 30.2 Å². The molecule has 0 radical (unpaired) electrons. The molecule has 0 aromatic heterocycles. The summed E-state index contributed by atoms with van der Waals surface area (Å²) in [5.74, 6) is 0.243. The third kappa shape index (κ3) is 3.80. The average Bonchev–Trinajstić information content (AvgIpc) is 2.50. The Morgan fingerprint density at radius 2 is 1.90 bits per heavy atom. The van der Waals surface area contributed by atoms with E-state index in [2.05, 4.69) is 0 Å². The zero-order valence-corrected chi connectivity index (χ0v) is 12.2. The van der Waals surface area contributed by atoms with Crippen molar-refractivity contribution in [1.29, 1.82) is 0 Å². The molecule has 0 aliphatic rings. The van der Waals surface area contributed by atoms with E-state index in [4.69, 9.17) is 9.47 Å². The van der Waals surface area contributed by atoms with E-state index in [-0.39, 0.29) is 5.82 Å². The van der Waals surface area contributed by atoms with Gasteiger partial charge in [-0.25, -0.2) is 4.39 Å². The fourth-order valence-electron chi connectivity index (χ4n) is 2.03. The molecule has 4 heteroatoms. The van der Waals surface area contributed by atoms with E-state index in [0.717, 1.165) is 0 Å². The van der Waals surface area contributed by atoms with E-state index in [1.165, 1.54) is 6.07 Å². The topological polar surface area (TPSA) is 38.7 Å². The maximum absolute atomic E-state index is 13.6. The van der Waals surface area contributed by atoms with Crippen LogP contribution in [0.4, 0.5) is 4.39 Å². The number of hydrogen-bond acceptors (Lipinski definition) is 3. The summed E-state index contributed by atoms with van der Waals surface area (Å²) in [7, 11) is 1.60. The lowest BCUT2D eigenvalue weighted by atomic mass is 9.99. The maximum Gasteiger partial charge on any atom is 0.126 e. The number of aryl methyl sites for hydroxylation is 1. The number of halogens is 1. The van der Waals surface area contributed by atoms with Gasteiger partial charge in [0.1, 0.15) is 24.3 Å². The molecule has 0 aliphatic heterocycles. The molecule has 21 heavy (non-hydrogen) atoms. The molecule has 2 aromatic carbocycles. The van der Waals surface area contributed by atoms with Crippen LogP contribution >= 0.6 is 0 Å². The Bertz CT molecular complexity index is 598. The Morgan fingerprint density at radius 3 is 2.62 bits per heavy atom. The van der Waals surface area contributed by atoms with Crippen molar-refractivity contribution in [2.24, 2.45) is 0 Å². The number of methoxy groups -OCH3 is 1. The Morgan fingerprint density at radius 1 is 1.14 bits per heavy atom. The highest BCUT2D eigenvalue weighted by atomic mass is 19.1. The Balaban J connectivity index is 2.25. The molecule has 0 aliphatic carbocycles. The van der Waals surface area contributed by atoms with E-state index in [9.17, 15) is 9.50 Å². The first kappa shape index (κ1) is 15.5. The van der Waals surface area contributed by atoms with E-state index >= 15 is 0 Å². The SMILES string of the molecule is COCCOc1ccccc1C(O)c1ccc(C)c(F)c1. The molecule has 0 saturated heterocycles. The number of aliphatic hydroxyl groups is 1. The highest BCUT2D eigenvalue weighted by molar-refractivity contribution is 5.41. The largest absolute Gasteiger partial charge is 0.491 e. The smallest absolute Gasteiger partial charge is 0.126 e. The normalized spacial score (nSPS) is 12.2. The summed E-state index contributed by atoms with van der Waals surface area (Å²) in [6.07, 6.45) is -0.932. The van der Waals surface area contributed by atoms with Crippen LogP contribution < -0.4 is 4.74 Å². The first-order valence-electron chi connectivity index (χ1n) is 6.78. The molecule has 3 nitrogen and oxygen atoms in total. The van der Waals surface area contributed by atoms with Gasteiger partial charge in [-0.3, -0.25) is 0 Å². The summed E-state index contributed by atoms with van der Waals surface area (Å²) in [5, 5.41) is 10.5. The van der Waals surface area contributed by atoms with Gasteiger partial charge >= 0.3 is 0 Å². The molecule has 2 rings (SSSR count). The average molecular weight is 290 g/mol. The first-order chi connectivity index (χ1) is 10.1. The van der Waals surface area contributed by atoms with Crippen LogP contribution in [-0.4, -0.2) is 25.4 Å². The van der Waals surface area contributed by atoms with Crippen LogP contribution in [0.15, 0.2) is 42.5 Å². The number of aliphatic hydroxyl groups excluding tert-OH is 1. The van der Waals surface area contributed by atoms with Crippen molar-refractivity contribution in [3.63, 3.8) is 0 Å². The molecule has 1 atom stereocenters. The molecule has 112 valence electrons. The molecule has 0 bridgehead atoms. The van der Waals surface area contributed by atoms with Crippen LogP contribution in [0, 0.1) is 12.7 Å². The molecule has 0 spiro atoms. The van der Waals surface area contributed by atoms with E-state index in [1.54, 1.807) is 38.3 Å². The Hall–Kier alpha value is -1.91. The van der Waals surface area contributed by atoms with Crippen LogP contribution in [0.1, 0.15) is 22.8 Å². The van der Waals surface area contributed by atoms with Crippen molar-refractivity contribution in [2.75, 3.05) is 20.3 Å². The summed E-state index contributed by atoms with van der Waals surface area (Å²) in [6.45, 7) is 2.54. The third-order valence-corrected chi connectivity index (χ3v) is 3.27. The minimum absolute atomic E-state index is 0.329. The number of ether oxygens (including phenoxy) is 2. The fraction of sp³-hybridized carbons (Fsp3) is 0.294. The van der Waals surface area contributed by atoms with E-state index in [1.807, 2.05) is 12.1 Å². The zero-order chi connectivity index (χ0) is 15.2. The van der Waals surface area contributed by atoms with Crippen molar-refractivity contribution in [1.82, 2.24) is 0 Å². The number of benzene rings is 2. The summed E-state index contributed by atoms with van der Waals surface area (Å²) >= 11 is 0. The highest BCUT2D eigenvalue weighted by Crippen LogP contribution is 2.30. The number of hydrogen-bond donors (Lipinski definition) is 1. The Kier molecular flexibility index (Phi) is 5.31. The minimum Gasteiger partial charge on any atom is -0.491 e. The fourth-order valence-corrected chi connectivity index (χ4v) is 2.03. The van der Waals surface area contributed by atoms with Crippen molar-refractivity contribution in [2.45, 2.75) is 13.0 Å². The summed E-state index contributed by atoms with van der Waals surface area (Å²) in [5.41, 5.74) is 1.66. The zero-order valence-electron chi connectivity index (χ0n) is 12.2. The van der Waals surface area contributed by atoms with Crippen LogP contribution in [0.2, 0.25) is 0 Å². The lowest BCUT2D eigenvalue weighted by Crippen LogP contribution is -2.08. The van der Waals surface area contributed by atoms with Gasteiger partial charge in [-0.15, -0.1) is 0 Å². The lowest BCUT2D eigenvalue weighted by Gasteiger charge is -2.17. The molecule has 0 fully saturated rings. The van der Waals surface area contributed by atoms with Crippen molar-refractivity contribution in [3.8, 4) is 5.75 Å². The summed E-state index contributed by atoms with van der Waals surface area (Å²) in [4.78, 5) is 0. The van der Waals surface area contributed by atoms with Gasteiger partial charge in [0.25, 0.3) is 0 Å². The predicted molar refractivity (Wildman–Crippen MR) is 79.0 cm³/mol. The lowest BCUT2D eigenvalue weighted by molar-refractivity contribution is 0.142.